The summed E-state index contributed by atoms with van der Waals surface area (Å²) in [5.74, 6) is 1.21. The number of thiophene rings is 1. The van der Waals surface area contributed by atoms with Crippen molar-refractivity contribution in [2.45, 2.75) is 45.1 Å². The van der Waals surface area contributed by atoms with E-state index in [-0.39, 0.29) is 29.5 Å². The van der Waals surface area contributed by atoms with Crippen molar-refractivity contribution in [1.82, 2.24) is 4.57 Å². The summed E-state index contributed by atoms with van der Waals surface area (Å²) in [5.41, 5.74) is 1.64. The SMILES string of the molecule is C[n+]1c2n(c(=O)c3c4c(sc31)CCCC4)CCC2.[I-]. The highest BCUT2D eigenvalue weighted by Gasteiger charge is 2.30. The Kier molecular flexibility index (Phi) is 3.45. The van der Waals surface area contributed by atoms with Gasteiger partial charge in [0.15, 0.2) is 4.83 Å². The lowest BCUT2D eigenvalue weighted by Crippen LogP contribution is -3.00. The van der Waals surface area contributed by atoms with Gasteiger partial charge in [0.05, 0.1) is 20.0 Å². The molecular formula is C14H17IN2OS. The standard InChI is InChI=1S/C14H17N2OS.HI/c1-15-11-7-4-8-16(11)13(17)12-9-5-2-3-6-10(9)18-14(12)15;/h2-8H2,1H3;1H/q+1;/p-1. The third kappa shape index (κ3) is 1.81. The quantitative estimate of drug-likeness (QED) is 0.408. The lowest BCUT2D eigenvalue weighted by Gasteiger charge is -2.09. The molecule has 0 atom stereocenters. The summed E-state index contributed by atoms with van der Waals surface area (Å²) in [6.07, 6.45) is 6.95. The van der Waals surface area contributed by atoms with E-state index in [0.717, 1.165) is 31.2 Å². The van der Waals surface area contributed by atoms with Crippen molar-refractivity contribution in [1.29, 1.82) is 0 Å². The predicted molar refractivity (Wildman–Crippen MR) is 72.2 cm³/mol. The van der Waals surface area contributed by atoms with Crippen LogP contribution in [0.15, 0.2) is 4.79 Å². The average molecular weight is 388 g/mol. The molecule has 1 aliphatic heterocycles. The van der Waals surface area contributed by atoms with Gasteiger partial charge in [-0.25, -0.2) is 9.36 Å². The van der Waals surface area contributed by atoms with Crippen molar-refractivity contribution in [2.75, 3.05) is 0 Å². The lowest BCUT2D eigenvalue weighted by atomic mass is 9.97. The van der Waals surface area contributed by atoms with Gasteiger partial charge >= 0.3 is 5.56 Å². The molecule has 1 aliphatic carbocycles. The van der Waals surface area contributed by atoms with Crippen molar-refractivity contribution < 1.29 is 28.5 Å². The minimum atomic E-state index is 0. The predicted octanol–water partition coefficient (Wildman–Crippen LogP) is -1.28. The molecule has 0 aromatic carbocycles. The number of aryl methyl sites for hydroxylation is 3. The highest BCUT2D eigenvalue weighted by molar-refractivity contribution is 7.18. The summed E-state index contributed by atoms with van der Waals surface area (Å²) in [6.45, 7) is 0.905. The first-order chi connectivity index (χ1) is 8.77. The molecule has 19 heavy (non-hydrogen) atoms. The number of fused-ring (bicyclic) bond motifs is 4. The summed E-state index contributed by atoms with van der Waals surface area (Å²) in [5, 5.41) is 1.03. The van der Waals surface area contributed by atoms with Gasteiger partial charge in [0, 0.05) is 4.88 Å². The minimum Gasteiger partial charge on any atom is -1.00 e. The molecular weight excluding hydrogens is 371 g/mol. The van der Waals surface area contributed by atoms with E-state index in [1.807, 2.05) is 15.9 Å². The third-order valence-electron chi connectivity index (χ3n) is 4.40. The summed E-state index contributed by atoms with van der Waals surface area (Å²) in [7, 11) is 2.13. The highest BCUT2D eigenvalue weighted by atomic mass is 127. The van der Waals surface area contributed by atoms with E-state index in [2.05, 4.69) is 11.6 Å². The molecule has 0 N–H and O–H groups in total. The van der Waals surface area contributed by atoms with Gasteiger partial charge in [-0.15, -0.1) is 0 Å². The van der Waals surface area contributed by atoms with Crippen molar-refractivity contribution in [3.05, 3.63) is 26.6 Å². The fourth-order valence-corrected chi connectivity index (χ4v) is 4.85. The lowest BCUT2D eigenvalue weighted by molar-refractivity contribution is -0.654. The van der Waals surface area contributed by atoms with E-state index in [0.29, 0.717) is 0 Å². The molecule has 5 heteroatoms. The first-order valence-electron chi connectivity index (χ1n) is 6.83. The molecule has 4 rings (SSSR count). The van der Waals surface area contributed by atoms with Gasteiger partial charge in [-0.2, -0.15) is 4.57 Å². The van der Waals surface area contributed by atoms with Gasteiger partial charge in [-0.3, -0.25) is 0 Å². The topological polar surface area (TPSA) is 25.9 Å². The molecule has 0 fully saturated rings. The van der Waals surface area contributed by atoms with Crippen LogP contribution in [0.3, 0.4) is 0 Å². The largest absolute Gasteiger partial charge is 1.00 e. The minimum absolute atomic E-state index is 0. The van der Waals surface area contributed by atoms with Crippen LogP contribution >= 0.6 is 11.3 Å². The number of nitrogens with zero attached hydrogens (tertiary/aromatic N) is 2. The van der Waals surface area contributed by atoms with Crippen LogP contribution < -0.4 is 34.1 Å². The maximum atomic E-state index is 12.7. The van der Waals surface area contributed by atoms with E-state index < -0.39 is 0 Å². The zero-order valence-corrected chi connectivity index (χ0v) is 14.0. The molecule has 3 heterocycles. The van der Waals surface area contributed by atoms with E-state index in [1.54, 1.807) is 0 Å². The zero-order valence-electron chi connectivity index (χ0n) is 11.0. The van der Waals surface area contributed by atoms with Gasteiger partial charge in [-0.1, -0.05) is 11.3 Å². The maximum Gasteiger partial charge on any atom is 0.346 e. The molecule has 0 spiro atoms. The number of halogens is 1. The second-order valence-electron chi connectivity index (χ2n) is 5.43. The van der Waals surface area contributed by atoms with Crippen molar-refractivity contribution in [3.8, 4) is 0 Å². The van der Waals surface area contributed by atoms with E-state index >= 15 is 0 Å². The Labute approximate surface area is 133 Å². The Balaban J connectivity index is 0.00000110. The number of aromatic nitrogens is 2. The second kappa shape index (κ2) is 4.84. The van der Waals surface area contributed by atoms with Crippen LogP contribution in [0.25, 0.3) is 10.2 Å². The molecule has 102 valence electrons. The van der Waals surface area contributed by atoms with Crippen LogP contribution in [0.2, 0.25) is 0 Å². The van der Waals surface area contributed by atoms with E-state index in [4.69, 9.17) is 0 Å². The van der Waals surface area contributed by atoms with E-state index in [1.165, 1.54) is 40.4 Å². The molecule has 2 aliphatic rings. The summed E-state index contributed by atoms with van der Waals surface area (Å²) < 4.78 is 4.27. The molecule has 3 nitrogen and oxygen atoms in total. The summed E-state index contributed by atoms with van der Waals surface area (Å²) >= 11 is 1.86. The van der Waals surface area contributed by atoms with Crippen LogP contribution in [-0.4, -0.2) is 4.57 Å². The van der Waals surface area contributed by atoms with Gasteiger partial charge in [0.1, 0.15) is 5.39 Å². The van der Waals surface area contributed by atoms with Crippen LogP contribution in [0.4, 0.5) is 0 Å². The van der Waals surface area contributed by atoms with Crippen molar-refractivity contribution in [3.63, 3.8) is 0 Å². The van der Waals surface area contributed by atoms with E-state index in [9.17, 15) is 4.79 Å². The monoisotopic (exact) mass is 388 g/mol. The molecule has 0 saturated carbocycles. The van der Waals surface area contributed by atoms with Crippen LogP contribution in [-0.2, 0) is 32.9 Å². The molecule has 0 saturated heterocycles. The first kappa shape index (κ1) is 13.5. The number of rotatable bonds is 0. The smallest absolute Gasteiger partial charge is 0.346 e. The van der Waals surface area contributed by atoms with Gasteiger partial charge < -0.3 is 24.0 Å². The van der Waals surface area contributed by atoms with Crippen LogP contribution in [0, 0.1) is 0 Å². The fourth-order valence-electron chi connectivity index (χ4n) is 3.49. The second-order valence-corrected chi connectivity index (χ2v) is 6.51. The van der Waals surface area contributed by atoms with Crippen molar-refractivity contribution in [2.24, 2.45) is 7.05 Å². The third-order valence-corrected chi connectivity index (χ3v) is 5.77. The Hall–Kier alpha value is -0.430. The van der Waals surface area contributed by atoms with Crippen LogP contribution in [0.5, 0.6) is 0 Å². The van der Waals surface area contributed by atoms with Gasteiger partial charge in [0.2, 0.25) is 0 Å². The Morgan fingerprint density at radius 2 is 1.95 bits per heavy atom. The number of hydrogen-bond acceptors (Lipinski definition) is 2. The van der Waals surface area contributed by atoms with Gasteiger partial charge in [0.25, 0.3) is 5.82 Å². The molecule has 0 unspecified atom stereocenters. The Morgan fingerprint density at radius 1 is 1.16 bits per heavy atom. The number of hydrogen-bond donors (Lipinski definition) is 0. The van der Waals surface area contributed by atoms with Crippen LogP contribution in [0.1, 0.15) is 35.5 Å². The Morgan fingerprint density at radius 3 is 2.79 bits per heavy atom. The van der Waals surface area contributed by atoms with Crippen molar-refractivity contribution >= 4 is 21.6 Å². The fraction of sp³-hybridized carbons (Fsp3) is 0.571. The first-order valence-corrected chi connectivity index (χ1v) is 7.65. The van der Waals surface area contributed by atoms with Gasteiger partial charge in [-0.05, 0) is 37.7 Å². The highest BCUT2D eigenvalue weighted by Crippen LogP contribution is 2.33. The molecule has 2 aromatic heterocycles. The normalized spacial score (nSPS) is 17.1. The average Bonchev–Trinajstić information content (AvgIpc) is 3.00. The molecule has 0 radical (unpaired) electrons. The maximum absolute atomic E-state index is 12.7. The zero-order chi connectivity index (χ0) is 12.3. The molecule has 0 amide bonds. The molecule has 2 aromatic rings. The Bertz CT molecular complexity index is 717. The summed E-state index contributed by atoms with van der Waals surface area (Å²) in [4.78, 5) is 15.3. The molecule has 0 bridgehead atoms. The summed E-state index contributed by atoms with van der Waals surface area (Å²) in [6, 6.07) is 0.